The van der Waals surface area contributed by atoms with Gasteiger partial charge in [-0.2, -0.15) is 10.2 Å². The second-order valence-electron chi connectivity index (χ2n) is 4.34. The van der Waals surface area contributed by atoms with Gasteiger partial charge in [0.1, 0.15) is 5.75 Å². The molecule has 100 valence electrons. The average molecular weight is 257 g/mol. The molecular weight excluding hydrogens is 238 g/mol. The Labute approximate surface area is 113 Å². The van der Waals surface area contributed by atoms with Crippen molar-refractivity contribution >= 4 is 0 Å². The first kappa shape index (κ1) is 13.5. The molecular formula is C15H19N3O. The summed E-state index contributed by atoms with van der Waals surface area (Å²) in [6.07, 6.45) is 1.73. The molecule has 1 aromatic heterocycles. The third kappa shape index (κ3) is 3.09. The third-order valence-electron chi connectivity index (χ3n) is 3.07. The lowest BCUT2D eigenvalue weighted by molar-refractivity contribution is 0.416. The van der Waals surface area contributed by atoms with Crippen LogP contribution in [0.3, 0.4) is 0 Å². The Morgan fingerprint density at radius 1 is 1.16 bits per heavy atom. The molecule has 0 aliphatic carbocycles. The van der Waals surface area contributed by atoms with Gasteiger partial charge < -0.3 is 10.5 Å². The highest BCUT2D eigenvalue weighted by Gasteiger charge is 2.08. The lowest BCUT2D eigenvalue weighted by Crippen LogP contribution is -2.05. The van der Waals surface area contributed by atoms with Crippen molar-refractivity contribution in [3.05, 3.63) is 41.6 Å². The summed E-state index contributed by atoms with van der Waals surface area (Å²) in [6.45, 7) is 2.71. The fourth-order valence-corrected chi connectivity index (χ4v) is 1.96. The van der Waals surface area contributed by atoms with Gasteiger partial charge in [-0.15, -0.1) is 0 Å². The molecule has 19 heavy (non-hydrogen) atoms. The van der Waals surface area contributed by atoms with Crippen LogP contribution in [-0.4, -0.2) is 23.9 Å². The number of aryl methyl sites for hydroxylation is 1. The highest BCUT2D eigenvalue weighted by molar-refractivity contribution is 5.67. The molecule has 0 aliphatic heterocycles. The van der Waals surface area contributed by atoms with Crippen LogP contribution in [0.5, 0.6) is 5.75 Å². The number of rotatable bonds is 5. The predicted octanol–water partition coefficient (Wildman–Crippen LogP) is 2.22. The molecule has 4 heteroatoms. The zero-order valence-corrected chi connectivity index (χ0v) is 11.4. The zero-order chi connectivity index (χ0) is 13.7. The number of methoxy groups -OCH3 is 1. The highest BCUT2D eigenvalue weighted by atomic mass is 16.5. The van der Waals surface area contributed by atoms with Gasteiger partial charge >= 0.3 is 0 Å². The van der Waals surface area contributed by atoms with E-state index >= 15 is 0 Å². The molecule has 0 saturated heterocycles. The summed E-state index contributed by atoms with van der Waals surface area (Å²) in [5, 5.41) is 8.46. The van der Waals surface area contributed by atoms with Gasteiger partial charge in [0.25, 0.3) is 0 Å². The molecule has 0 unspecified atom stereocenters. The number of benzene rings is 1. The van der Waals surface area contributed by atoms with E-state index in [9.17, 15) is 0 Å². The monoisotopic (exact) mass is 257 g/mol. The van der Waals surface area contributed by atoms with Crippen LogP contribution < -0.4 is 10.5 Å². The minimum absolute atomic E-state index is 0.586. The van der Waals surface area contributed by atoms with E-state index in [2.05, 4.69) is 29.3 Å². The summed E-state index contributed by atoms with van der Waals surface area (Å²) >= 11 is 0. The molecule has 0 aliphatic rings. The SMILES string of the molecule is CCc1ccc(OC)c(-c2ccc(CCN)nn2)c1. The Balaban J connectivity index is 2.38. The molecule has 0 fully saturated rings. The Bertz CT molecular complexity index is 538. The molecule has 4 nitrogen and oxygen atoms in total. The first-order chi connectivity index (χ1) is 9.28. The second-order valence-corrected chi connectivity index (χ2v) is 4.34. The number of nitrogens with zero attached hydrogens (tertiary/aromatic N) is 2. The molecule has 0 radical (unpaired) electrons. The van der Waals surface area contributed by atoms with E-state index in [1.165, 1.54) is 5.56 Å². The summed E-state index contributed by atoms with van der Waals surface area (Å²) in [6, 6.07) is 10.1. The van der Waals surface area contributed by atoms with Crippen molar-refractivity contribution in [1.29, 1.82) is 0 Å². The molecule has 0 spiro atoms. The Morgan fingerprint density at radius 3 is 2.58 bits per heavy atom. The first-order valence-corrected chi connectivity index (χ1v) is 6.48. The summed E-state index contributed by atoms with van der Waals surface area (Å²) < 4.78 is 5.39. The van der Waals surface area contributed by atoms with Crippen molar-refractivity contribution in [2.24, 2.45) is 5.73 Å². The van der Waals surface area contributed by atoms with Crippen LogP contribution in [0.25, 0.3) is 11.3 Å². The molecule has 0 bridgehead atoms. The molecule has 1 heterocycles. The summed E-state index contributed by atoms with van der Waals surface area (Å²) in [5.74, 6) is 0.818. The molecule has 1 aromatic carbocycles. The van der Waals surface area contributed by atoms with E-state index in [1.807, 2.05) is 18.2 Å². The normalized spacial score (nSPS) is 10.5. The number of hydrogen-bond acceptors (Lipinski definition) is 4. The predicted molar refractivity (Wildman–Crippen MR) is 76.2 cm³/mol. The number of ether oxygens (including phenoxy) is 1. The molecule has 2 aromatic rings. The lowest BCUT2D eigenvalue weighted by Gasteiger charge is -2.09. The fraction of sp³-hybridized carbons (Fsp3) is 0.333. The first-order valence-electron chi connectivity index (χ1n) is 6.48. The summed E-state index contributed by atoms with van der Waals surface area (Å²) in [5.41, 5.74) is 9.48. The van der Waals surface area contributed by atoms with E-state index in [1.54, 1.807) is 7.11 Å². The van der Waals surface area contributed by atoms with Gasteiger partial charge in [-0.3, -0.25) is 0 Å². The van der Waals surface area contributed by atoms with Gasteiger partial charge in [-0.1, -0.05) is 13.0 Å². The van der Waals surface area contributed by atoms with Crippen LogP contribution >= 0.6 is 0 Å². The number of nitrogens with two attached hydrogens (primary N) is 1. The summed E-state index contributed by atoms with van der Waals surface area (Å²) in [4.78, 5) is 0. The Morgan fingerprint density at radius 2 is 2.00 bits per heavy atom. The molecule has 2 N–H and O–H groups in total. The number of hydrogen-bond donors (Lipinski definition) is 1. The zero-order valence-electron chi connectivity index (χ0n) is 11.4. The minimum atomic E-state index is 0.586. The van der Waals surface area contributed by atoms with Gasteiger partial charge in [0.05, 0.1) is 18.5 Å². The fourth-order valence-electron chi connectivity index (χ4n) is 1.96. The van der Waals surface area contributed by atoms with Gasteiger partial charge in [0.15, 0.2) is 0 Å². The Kier molecular flexibility index (Phi) is 4.47. The summed E-state index contributed by atoms with van der Waals surface area (Å²) in [7, 11) is 1.67. The van der Waals surface area contributed by atoms with E-state index in [0.717, 1.165) is 35.5 Å². The van der Waals surface area contributed by atoms with Crippen LogP contribution in [0.1, 0.15) is 18.2 Å². The van der Waals surface area contributed by atoms with Crippen molar-refractivity contribution in [2.45, 2.75) is 19.8 Å². The van der Waals surface area contributed by atoms with Gasteiger partial charge in [-0.25, -0.2) is 0 Å². The van der Waals surface area contributed by atoms with Crippen LogP contribution in [0.15, 0.2) is 30.3 Å². The number of aromatic nitrogens is 2. The second kappa shape index (κ2) is 6.29. The Hall–Kier alpha value is -1.94. The quantitative estimate of drug-likeness (QED) is 0.892. The standard InChI is InChI=1S/C15H19N3O/c1-3-11-4-7-15(19-2)13(10-11)14-6-5-12(8-9-16)17-18-14/h4-7,10H,3,8-9,16H2,1-2H3. The van der Waals surface area contributed by atoms with Crippen molar-refractivity contribution < 1.29 is 4.74 Å². The van der Waals surface area contributed by atoms with Crippen molar-refractivity contribution in [3.63, 3.8) is 0 Å². The lowest BCUT2D eigenvalue weighted by atomic mass is 10.0. The van der Waals surface area contributed by atoms with Crippen LogP contribution in [0, 0.1) is 0 Å². The van der Waals surface area contributed by atoms with Gasteiger partial charge in [-0.05, 0) is 42.8 Å². The topological polar surface area (TPSA) is 61.0 Å². The van der Waals surface area contributed by atoms with Crippen molar-refractivity contribution in [2.75, 3.05) is 13.7 Å². The maximum Gasteiger partial charge on any atom is 0.128 e. The van der Waals surface area contributed by atoms with Crippen molar-refractivity contribution in [1.82, 2.24) is 10.2 Å². The van der Waals surface area contributed by atoms with Crippen LogP contribution in [0.4, 0.5) is 0 Å². The van der Waals surface area contributed by atoms with E-state index in [-0.39, 0.29) is 0 Å². The third-order valence-corrected chi connectivity index (χ3v) is 3.07. The van der Waals surface area contributed by atoms with Gasteiger partial charge in [0, 0.05) is 12.0 Å². The molecule has 0 amide bonds. The minimum Gasteiger partial charge on any atom is -0.496 e. The van der Waals surface area contributed by atoms with Crippen LogP contribution in [-0.2, 0) is 12.8 Å². The van der Waals surface area contributed by atoms with E-state index in [4.69, 9.17) is 10.5 Å². The van der Waals surface area contributed by atoms with Crippen molar-refractivity contribution in [3.8, 4) is 17.0 Å². The van der Waals surface area contributed by atoms with E-state index < -0.39 is 0 Å². The average Bonchev–Trinajstić information content (AvgIpc) is 2.47. The molecule has 0 saturated carbocycles. The maximum absolute atomic E-state index is 5.51. The van der Waals surface area contributed by atoms with E-state index in [0.29, 0.717) is 6.54 Å². The maximum atomic E-state index is 5.51. The largest absolute Gasteiger partial charge is 0.496 e. The van der Waals surface area contributed by atoms with Gasteiger partial charge in [0.2, 0.25) is 0 Å². The smallest absolute Gasteiger partial charge is 0.128 e. The molecule has 2 rings (SSSR count). The van der Waals surface area contributed by atoms with Crippen LogP contribution in [0.2, 0.25) is 0 Å². The molecule has 0 atom stereocenters. The highest BCUT2D eigenvalue weighted by Crippen LogP contribution is 2.29.